The topological polar surface area (TPSA) is 79.0 Å². The summed E-state index contributed by atoms with van der Waals surface area (Å²) >= 11 is 0. The normalized spacial score (nSPS) is 18.9. The summed E-state index contributed by atoms with van der Waals surface area (Å²) in [5, 5.41) is 3.04. The molecule has 1 amide bonds. The number of piperazine rings is 1. The molecule has 1 N–H and O–H groups in total. The maximum atomic E-state index is 14.1. The van der Waals surface area contributed by atoms with Gasteiger partial charge in [0.05, 0.1) is 10.6 Å². The van der Waals surface area contributed by atoms with E-state index in [2.05, 4.69) is 5.32 Å². The highest BCUT2D eigenvalue weighted by Gasteiger charge is 2.29. The van der Waals surface area contributed by atoms with Gasteiger partial charge in [-0.1, -0.05) is 31.4 Å². The zero-order valence-electron chi connectivity index (χ0n) is 19.5. The molecule has 2 aromatic rings. The standard InChI is InChI=1S/C25H32FN3O4S/c1-19(25(30)27-20-7-3-2-4-8-20)33-21-11-13-22(14-12-21)34(31,32)29-17-15-28(16-18-29)24-10-6-5-9-23(24)26/h5-6,9-14,19-20H,2-4,7-8,15-18H2,1H3,(H,27,30)/t19-/m0/s1. The van der Waals surface area contributed by atoms with E-state index in [4.69, 9.17) is 4.74 Å². The van der Waals surface area contributed by atoms with Gasteiger partial charge in [-0.2, -0.15) is 4.31 Å². The number of benzene rings is 2. The lowest BCUT2D eigenvalue weighted by Gasteiger charge is -2.35. The summed E-state index contributed by atoms with van der Waals surface area (Å²) in [6.07, 6.45) is 4.81. The fraction of sp³-hybridized carbons (Fsp3) is 0.480. The molecule has 0 radical (unpaired) electrons. The third kappa shape index (κ3) is 5.70. The van der Waals surface area contributed by atoms with E-state index < -0.39 is 16.1 Å². The molecule has 4 rings (SSSR count). The van der Waals surface area contributed by atoms with Crippen molar-refractivity contribution in [2.24, 2.45) is 0 Å². The van der Waals surface area contributed by atoms with Gasteiger partial charge >= 0.3 is 0 Å². The summed E-state index contributed by atoms with van der Waals surface area (Å²) in [7, 11) is -3.68. The minimum absolute atomic E-state index is 0.156. The van der Waals surface area contributed by atoms with Crippen molar-refractivity contribution in [1.82, 2.24) is 9.62 Å². The van der Waals surface area contributed by atoms with Crippen LogP contribution in [0.3, 0.4) is 0 Å². The van der Waals surface area contributed by atoms with Gasteiger partial charge in [0, 0.05) is 32.2 Å². The van der Waals surface area contributed by atoms with Crippen LogP contribution in [-0.4, -0.2) is 57.0 Å². The first-order valence-electron chi connectivity index (χ1n) is 11.9. The number of hydrogen-bond donors (Lipinski definition) is 1. The quantitative estimate of drug-likeness (QED) is 0.644. The number of nitrogens with one attached hydrogen (secondary N) is 1. The second-order valence-electron chi connectivity index (χ2n) is 8.92. The van der Waals surface area contributed by atoms with E-state index in [1.54, 1.807) is 37.3 Å². The Morgan fingerprint density at radius 1 is 1.00 bits per heavy atom. The van der Waals surface area contributed by atoms with Crippen LogP contribution < -0.4 is 15.0 Å². The zero-order chi connectivity index (χ0) is 24.1. The van der Waals surface area contributed by atoms with Gasteiger partial charge in [0.1, 0.15) is 11.6 Å². The fourth-order valence-electron chi connectivity index (χ4n) is 4.54. The highest BCUT2D eigenvalue weighted by Crippen LogP contribution is 2.25. The lowest BCUT2D eigenvalue weighted by Crippen LogP contribution is -2.48. The first kappa shape index (κ1) is 24.5. The Bertz CT molecular complexity index is 1080. The minimum atomic E-state index is -3.68. The Hall–Kier alpha value is -2.65. The van der Waals surface area contributed by atoms with E-state index in [0.717, 1.165) is 25.7 Å². The molecule has 9 heteroatoms. The van der Waals surface area contributed by atoms with Crippen LogP contribution in [0.5, 0.6) is 5.75 Å². The molecule has 2 aromatic carbocycles. The number of carbonyl (C=O) groups excluding carboxylic acids is 1. The monoisotopic (exact) mass is 489 g/mol. The summed E-state index contributed by atoms with van der Waals surface area (Å²) < 4.78 is 47.4. The van der Waals surface area contributed by atoms with Gasteiger partial charge in [-0.3, -0.25) is 4.79 Å². The second-order valence-corrected chi connectivity index (χ2v) is 10.9. The number of para-hydroxylation sites is 1. The van der Waals surface area contributed by atoms with E-state index in [1.165, 1.54) is 28.9 Å². The van der Waals surface area contributed by atoms with Gasteiger partial charge in [-0.15, -0.1) is 0 Å². The number of sulfonamides is 1. The molecule has 34 heavy (non-hydrogen) atoms. The van der Waals surface area contributed by atoms with Crippen LogP contribution in [0.15, 0.2) is 53.4 Å². The Kier molecular flexibility index (Phi) is 7.73. The number of hydrogen-bond acceptors (Lipinski definition) is 5. The lowest BCUT2D eigenvalue weighted by atomic mass is 9.95. The molecule has 184 valence electrons. The number of carbonyl (C=O) groups is 1. The lowest BCUT2D eigenvalue weighted by molar-refractivity contribution is -0.128. The van der Waals surface area contributed by atoms with Gasteiger partial charge in [0.2, 0.25) is 10.0 Å². The molecule has 1 saturated heterocycles. The predicted molar refractivity (Wildman–Crippen MR) is 129 cm³/mol. The van der Waals surface area contributed by atoms with Crippen molar-refractivity contribution in [3.05, 3.63) is 54.3 Å². The van der Waals surface area contributed by atoms with E-state index in [0.29, 0.717) is 24.5 Å². The molecule has 1 atom stereocenters. The number of amides is 1. The molecule has 1 aliphatic heterocycles. The number of halogens is 1. The number of rotatable bonds is 7. The maximum Gasteiger partial charge on any atom is 0.260 e. The third-order valence-electron chi connectivity index (χ3n) is 6.53. The van der Waals surface area contributed by atoms with Crippen molar-refractivity contribution in [3.8, 4) is 5.75 Å². The molecule has 0 aromatic heterocycles. The van der Waals surface area contributed by atoms with Crippen LogP contribution in [0.25, 0.3) is 0 Å². The fourth-order valence-corrected chi connectivity index (χ4v) is 5.96. The third-order valence-corrected chi connectivity index (χ3v) is 8.44. The Morgan fingerprint density at radius 3 is 2.29 bits per heavy atom. The van der Waals surface area contributed by atoms with Crippen LogP contribution >= 0.6 is 0 Å². The highest BCUT2D eigenvalue weighted by atomic mass is 32.2. The minimum Gasteiger partial charge on any atom is -0.481 e. The number of ether oxygens (including phenoxy) is 1. The molecule has 7 nitrogen and oxygen atoms in total. The first-order valence-corrected chi connectivity index (χ1v) is 13.4. The smallest absolute Gasteiger partial charge is 0.260 e. The predicted octanol–water partition coefficient (Wildman–Crippen LogP) is 3.55. The molecular formula is C25H32FN3O4S. The van der Waals surface area contributed by atoms with Crippen molar-refractivity contribution in [2.75, 3.05) is 31.1 Å². The first-order chi connectivity index (χ1) is 16.3. The van der Waals surface area contributed by atoms with Gasteiger partial charge in [-0.25, -0.2) is 12.8 Å². The zero-order valence-corrected chi connectivity index (χ0v) is 20.3. The van der Waals surface area contributed by atoms with E-state index >= 15 is 0 Å². The van der Waals surface area contributed by atoms with Crippen molar-refractivity contribution in [3.63, 3.8) is 0 Å². The van der Waals surface area contributed by atoms with E-state index in [1.807, 2.05) is 4.90 Å². The molecule has 1 heterocycles. The summed E-state index contributed by atoms with van der Waals surface area (Å²) in [5.41, 5.74) is 0.489. The summed E-state index contributed by atoms with van der Waals surface area (Å²) in [5.74, 6) is -0.0259. The molecule has 0 spiro atoms. The van der Waals surface area contributed by atoms with Crippen LogP contribution in [0.1, 0.15) is 39.0 Å². The molecule has 0 unspecified atom stereocenters. The molecular weight excluding hydrogens is 457 g/mol. The second kappa shape index (κ2) is 10.7. The number of anilines is 1. The van der Waals surface area contributed by atoms with Crippen molar-refractivity contribution in [1.29, 1.82) is 0 Å². The summed E-state index contributed by atoms with van der Waals surface area (Å²) in [6, 6.07) is 12.9. The number of nitrogens with zero attached hydrogens (tertiary/aromatic N) is 2. The molecule has 1 saturated carbocycles. The molecule has 0 bridgehead atoms. The van der Waals surface area contributed by atoms with Crippen LogP contribution in [0, 0.1) is 5.82 Å². The van der Waals surface area contributed by atoms with Gasteiger partial charge in [0.15, 0.2) is 6.10 Å². The summed E-state index contributed by atoms with van der Waals surface area (Å²) in [6.45, 7) is 3.06. The molecule has 2 aliphatic rings. The largest absolute Gasteiger partial charge is 0.481 e. The van der Waals surface area contributed by atoms with Crippen molar-refractivity contribution >= 4 is 21.6 Å². The van der Waals surface area contributed by atoms with Crippen molar-refractivity contribution in [2.45, 2.75) is 56.1 Å². The Labute approximate surface area is 200 Å². The van der Waals surface area contributed by atoms with Crippen LogP contribution in [-0.2, 0) is 14.8 Å². The Morgan fingerprint density at radius 2 is 1.65 bits per heavy atom. The van der Waals surface area contributed by atoms with Gasteiger partial charge < -0.3 is 15.0 Å². The van der Waals surface area contributed by atoms with Gasteiger partial charge in [0.25, 0.3) is 5.91 Å². The summed E-state index contributed by atoms with van der Waals surface area (Å²) in [4.78, 5) is 14.5. The van der Waals surface area contributed by atoms with Crippen LogP contribution in [0.4, 0.5) is 10.1 Å². The molecule has 2 fully saturated rings. The SMILES string of the molecule is C[C@H](Oc1ccc(S(=O)(=O)N2CCN(c3ccccc3F)CC2)cc1)C(=O)NC1CCCCC1. The van der Waals surface area contributed by atoms with E-state index in [-0.39, 0.29) is 35.8 Å². The van der Waals surface area contributed by atoms with Crippen LogP contribution in [0.2, 0.25) is 0 Å². The van der Waals surface area contributed by atoms with Crippen molar-refractivity contribution < 1.29 is 22.3 Å². The van der Waals surface area contributed by atoms with E-state index in [9.17, 15) is 17.6 Å². The highest BCUT2D eigenvalue weighted by molar-refractivity contribution is 7.89. The van der Waals surface area contributed by atoms with Gasteiger partial charge in [-0.05, 0) is 56.2 Å². The average molecular weight is 490 g/mol. The molecule has 1 aliphatic carbocycles. The average Bonchev–Trinajstić information content (AvgIpc) is 2.85. The maximum absolute atomic E-state index is 14.1. The Balaban J connectivity index is 1.32.